The Labute approximate surface area is 269 Å². The van der Waals surface area contributed by atoms with Gasteiger partial charge in [0.15, 0.2) is 11.5 Å². The van der Waals surface area contributed by atoms with Crippen LogP contribution in [0.4, 0.5) is 0 Å². The molecule has 1 aliphatic heterocycles. The highest BCUT2D eigenvalue weighted by Crippen LogP contribution is 2.19. The number of nitrogens with one attached hydrogen (secondary N) is 4. The minimum atomic E-state index is -1.04. The summed E-state index contributed by atoms with van der Waals surface area (Å²) in [7, 11) is 0. The highest BCUT2D eigenvalue weighted by molar-refractivity contribution is 6.03. The van der Waals surface area contributed by atoms with Gasteiger partial charge in [0.25, 0.3) is 11.8 Å². The average molecular weight is 645 g/mol. The Balaban J connectivity index is 1.46. The molecule has 15 nitrogen and oxygen atoms in total. The zero-order chi connectivity index (χ0) is 33.5. The van der Waals surface area contributed by atoms with Gasteiger partial charge in [-0.15, -0.1) is 0 Å². The molecule has 2 bridgehead atoms. The molecule has 15 heteroatoms. The van der Waals surface area contributed by atoms with E-state index in [1.165, 1.54) is 24.1 Å². The molecule has 4 aromatic rings. The van der Waals surface area contributed by atoms with Crippen LogP contribution in [0.1, 0.15) is 59.6 Å². The molecule has 3 atom stereocenters. The lowest BCUT2D eigenvalue weighted by Gasteiger charge is -2.26. The predicted molar refractivity (Wildman–Crippen MR) is 166 cm³/mol. The molecule has 3 aromatic heterocycles. The van der Waals surface area contributed by atoms with Crippen LogP contribution in [-0.4, -0.2) is 80.9 Å². The molecule has 47 heavy (non-hydrogen) atoms. The average Bonchev–Trinajstić information content (AvgIpc) is 3.70. The number of pyridine rings is 1. The topological polar surface area (TPSA) is 202 Å². The molecular formula is C32H36N8O7. The smallest absolute Gasteiger partial charge is 0.293 e. The quantitative estimate of drug-likeness (QED) is 0.246. The summed E-state index contributed by atoms with van der Waals surface area (Å²) in [5, 5.41) is 19.0. The Kier molecular flexibility index (Phi) is 10.2. The number of hydrogen-bond acceptors (Lipinski definition) is 10. The zero-order valence-corrected chi connectivity index (χ0v) is 26.2. The molecule has 4 N–H and O–H groups in total. The van der Waals surface area contributed by atoms with Crippen molar-refractivity contribution in [2.75, 3.05) is 13.1 Å². The molecule has 0 aliphatic carbocycles. The molecular weight excluding hydrogens is 608 g/mol. The summed E-state index contributed by atoms with van der Waals surface area (Å²) < 4.78 is 10.7. The van der Waals surface area contributed by atoms with Gasteiger partial charge in [0.1, 0.15) is 18.1 Å². The van der Waals surface area contributed by atoms with Gasteiger partial charge < -0.3 is 35.2 Å². The molecule has 1 aromatic carbocycles. The summed E-state index contributed by atoms with van der Waals surface area (Å²) >= 11 is 0. The van der Waals surface area contributed by atoms with Crippen LogP contribution in [0, 0.1) is 5.92 Å². The van der Waals surface area contributed by atoms with Crippen molar-refractivity contribution in [3.8, 4) is 0 Å². The lowest BCUT2D eigenvalue weighted by Crippen LogP contribution is -2.57. The Morgan fingerprint density at radius 1 is 0.936 bits per heavy atom. The number of carbonyl (C=O) groups is 5. The first-order valence-electron chi connectivity index (χ1n) is 15.3. The van der Waals surface area contributed by atoms with Crippen molar-refractivity contribution >= 4 is 40.6 Å². The van der Waals surface area contributed by atoms with Crippen molar-refractivity contribution in [3.05, 3.63) is 77.5 Å². The van der Waals surface area contributed by atoms with Gasteiger partial charge in [-0.3, -0.25) is 24.0 Å². The van der Waals surface area contributed by atoms with Gasteiger partial charge in [-0.1, -0.05) is 54.5 Å². The van der Waals surface area contributed by atoms with E-state index in [1.54, 1.807) is 12.1 Å². The molecule has 5 amide bonds. The summed E-state index contributed by atoms with van der Waals surface area (Å²) in [6.07, 6.45) is 1.98. The molecule has 5 rings (SSSR count). The van der Waals surface area contributed by atoms with Crippen molar-refractivity contribution in [3.63, 3.8) is 0 Å². The zero-order valence-electron chi connectivity index (χ0n) is 26.2. The first-order valence-corrected chi connectivity index (χ1v) is 15.3. The van der Waals surface area contributed by atoms with Gasteiger partial charge in [-0.25, -0.2) is 4.98 Å². The number of fused-ring (bicyclic) bond motifs is 3. The number of amides is 5. The van der Waals surface area contributed by atoms with E-state index in [1.807, 2.05) is 44.2 Å². The second-order valence-electron chi connectivity index (χ2n) is 11.7. The number of aromatic nitrogens is 3. The Hall–Kier alpha value is -5.60. The number of nitrogens with zero attached hydrogens (tertiary/aromatic N) is 4. The van der Waals surface area contributed by atoms with Gasteiger partial charge in [0.05, 0.1) is 11.9 Å². The SMILES string of the molecule is CC(C)C[C@H]1NC(=O)[C@@H](C)NC(=O)c2cc(on2)CN(C(=O)c2onc3ncccc23)CCNC(=O)[C@@H](Cc2ccccc2)NC1=O. The molecule has 4 heterocycles. The number of benzene rings is 1. The van der Waals surface area contributed by atoms with Crippen LogP contribution in [0.5, 0.6) is 0 Å². The maximum Gasteiger partial charge on any atom is 0.293 e. The third-order valence-corrected chi connectivity index (χ3v) is 7.55. The van der Waals surface area contributed by atoms with Crippen LogP contribution in [0.25, 0.3) is 11.0 Å². The van der Waals surface area contributed by atoms with Crippen molar-refractivity contribution in [1.82, 2.24) is 41.5 Å². The normalized spacial score (nSPS) is 20.2. The van der Waals surface area contributed by atoms with Crippen molar-refractivity contribution in [2.24, 2.45) is 5.92 Å². The van der Waals surface area contributed by atoms with Gasteiger partial charge in [0.2, 0.25) is 29.1 Å². The second-order valence-corrected chi connectivity index (χ2v) is 11.7. The fourth-order valence-electron chi connectivity index (χ4n) is 5.12. The van der Waals surface area contributed by atoms with Crippen molar-refractivity contribution in [1.29, 1.82) is 0 Å². The van der Waals surface area contributed by atoms with Gasteiger partial charge in [-0.05, 0) is 37.0 Å². The van der Waals surface area contributed by atoms with E-state index in [4.69, 9.17) is 9.05 Å². The molecule has 0 unspecified atom stereocenters. The number of rotatable bonds is 5. The van der Waals surface area contributed by atoms with E-state index in [0.717, 1.165) is 5.56 Å². The van der Waals surface area contributed by atoms with Gasteiger partial charge >= 0.3 is 0 Å². The third-order valence-electron chi connectivity index (χ3n) is 7.55. The van der Waals surface area contributed by atoms with Crippen LogP contribution >= 0.6 is 0 Å². The second kappa shape index (κ2) is 14.7. The van der Waals surface area contributed by atoms with Gasteiger partial charge in [-0.2, -0.15) is 0 Å². The van der Waals surface area contributed by atoms with E-state index >= 15 is 0 Å². The van der Waals surface area contributed by atoms with E-state index in [9.17, 15) is 24.0 Å². The first kappa shape index (κ1) is 32.8. The molecule has 0 radical (unpaired) electrons. The van der Waals surface area contributed by atoms with E-state index in [-0.39, 0.29) is 61.3 Å². The Bertz CT molecular complexity index is 1750. The highest BCUT2D eigenvalue weighted by atomic mass is 16.5. The minimum Gasteiger partial charge on any atom is -0.359 e. The van der Waals surface area contributed by atoms with Gasteiger partial charge in [0, 0.05) is 31.8 Å². The van der Waals surface area contributed by atoms with Crippen LogP contribution in [0.3, 0.4) is 0 Å². The summed E-state index contributed by atoms with van der Waals surface area (Å²) in [5.41, 5.74) is 0.938. The van der Waals surface area contributed by atoms with E-state index in [2.05, 4.69) is 36.6 Å². The third kappa shape index (κ3) is 8.17. The largest absolute Gasteiger partial charge is 0.359 e. The molecule has 246 valence electrons. The maximum absolute atomic E-state index is 13.7. The Morgan fingerprint density at radius 3 is 2.47 bits per heavy atom. The van der Waals surface area contributed by atoms with Crippen molar-refractivity contribution in [2.45, 2.75) is 58.3 Å². The Morgan fingerprint density at radius 2 is 1.70 bits per heavy atom. The number of carbonyl (C=O) groups excluding carboxylic acids is 5. The van der Waals surface area contributed by atoms with Crippen LogP contribution in [-0.2, 0) is 27.3 Å². The van der Waals surface area contributed by atoms with Crippen LogP contribution in [0.15, 0.2) is 63.8 Å². The van der Waals surface area contributed by atoms with E-state index < -0.39 is 47.7 Å². The summed E-state index contributed by atoms with van der Waals surface area (Å²) in [6, 6.07) is 10.8. The first-order chi connectivity index (χ1) is 22.6. The molecule has 0 saturated heterocycles. The standard InChI is InChI=1S/C32H36N8O7/c1-18(2)14-23-30(43)37-24(15-20-8-5-4-6-9-20)29(42)34-12-13-40(32(45)26-22-10-7-11-33-27(22)39-47-26)17-21-16-25(38-46-21)31(44)35-19(3)28(41)36-23/h4-11,16,18-19,23-24H,12-15,17H2,1-3H3,(H,34,42)(H,35,44)(H,36,41)(H,37,43)/t19-,23-,24-/m1/s1. The fourth-order valence-corrected chi connectivity index (χ4v) is 5.12. The molecule has 1 aliphatic rings. The summed E-state index contributed by atoms with van der Waals surface area (Å²) in [6.45, 7) is 5.11. The maximum atomic E-state index is 13.7. The van der Waals surface area contributed by atoms with Crippen LogP contribution in [0.2, 0.25) is 0 Å². The summed E-state index contributed by atoms with van der Waals surface area (Å²) in [5.74, 6) is -2.76. The minimum absolute atomic E-state index is 0.00960. The van der Waals surface area contributed by atoms with Crippen LogP contribution < -0.4 is 21.3 Å². The fraction of sp³-hybridized carbons (Fsp3) is 0.375. The lowest BCUT2D eigenvalue weighted by atomic mass is 10.0. The number of hydrogen-bond donors (Lipinski definition) is 4. The summed E-state index contributed by atoms with van der Waals surface area (Å²) in [4.78, 5) is 72.4. The molecule has 0 spiro atoms. The lowest BCUT2D eigenvalue weighted by molar-refractivity contribution is -0.132. The predicted octanol–water partition coefficient (Wildman–Crippen LogP) is 1.36. The van der Waals surface area contributed by atoms with Crippen molar-refractivity contribution < 1.29 is 33.0 Å². The highest BCUT2D eigenvalue weighted by Gasteiger charge is 2.31. The molecule has 0 fully saturated rings. The molecule has 0 saturated carbocycles. The monoisotopic (exact) mass is 644 g/mol. The van der Waals surface area contributed by atoms with E-state index in [0.29, 0.717) is 5.39 Å².